The number of furan rings is 1. The molecular weight excluding hydrogens is 447 g/mol. The van der Waals surface area contributed by atoms with E-state index in [4.69, 9.17) is 18.6 Å². The summed E-state index contributed by atoms with van der Waals surface area (Å²) in [4.78, 5) is 44.6. The molecule has 13 heteroatoms. The van der Waals surface area contributed by atoms with Crippen LogP contribution in [-0.2, 0) is 11.3 Å². The van der Waals surface area contributed by atoms with Gasteiger partial charge in [-0.2, -0.15) is 4.39 Å². The zero-order chi connectivity index (χ0) is 24.1. The van der Waals surface area contributed by atoms with E-state index in [1.165, 1.54) is 12.1 Å². The summed E-state index contributed by atoms with van der Waals surface area (Å²) in [5, 5.41) is 21.4. The number of ether oxygens (including phenoxy) is 3. The Morgan fingerprint density at radius 1 is 0.909 bits per heavy atom. The van der Waals surface area contributed by atoms with Crippen molar-refractivity contribution in [1.29, 1.82) is 0 Å². The van der Waals surface area contributed by atoms with Gasteiger partial charge in [0.05, 0.1) is 28.1 Å². The van der Waals surface area contributed by atoms with Crippen LogP contribution in [0, 0.1) is 26.0 Å². The highest BCUT2D eigenvalue weighted by molar-refractivity contribution is 5.91. The summed E-state index contributed by atoms with van der Waals surface area (Å²) < 4.78 is 34.3. The standard InChI is InChI=1S/C20H13FN2O10/c1-30-20-16(21)17(33-19(25)12-4-8-14(9-5-12)23(28)29)15(32-20)10-31-18(24)11-2-6-13(7-3-11)22(26)27/h2-9H,10H2,1H3. The molecule has 0 N–H and O–H groups in total. The SMILES string of the molecule is COc1oc(COC(=O)c2ccc([N+](=O)[O-])cc2)c(OC(=O)c2ccc([N+](=O)[O-])cc2)c1F. The fourth-order valence-electron chi connectivity index (χ4n) is 2.55. The van der Waals surface area contributed by atoms with Crippen LogP contribution in [-0.4, -0.2) is 28.9 Å². The summed E-state index contributed by atoms with van der Waals surface area (Å²) in [6.45, 7) is -0.668. The minimum absolute atomic E-state index is 0.0241. The predicted octanol–water partition coefficient (Wildman–Crippen LogP) is 3.82. The number of nitro benzene ring substituents is 2. The molecule has 3 aromatic rings. The molecule has 0 saturated heterocycles. The molecule has 0 aliphatic heterocycles. The molecular formula is C20H13FN2O10. The van der Waals surface area contributed by atoms with Crippen molar-refractivity contribution in [3.8, 4) is 11.7 Å². The van der Waals surface area contributed by atoms with Gasteiger partial charge in [0.1, 0.15) is 0 Å². The molecule has 0 bridgehead atoms. The Kier molecular flexibility index (Phi) is 6.62. The molecule has 0 unspecified atom stereocenters. The lowest BCUT2D eigenvalue weighted by molar-refractivity contribution is -0.385. The van der Waals surface area contributed by atoms with Gasteiger partial charge < -0.3 is 18.6 Å². The molecule has 0 atom stereocenters. The smallest absolute Gasteiger partial charge is 0.343 e. The highest BCUT2D eigenvalue weighted by atomic mass is 19.1. The van der Waals surface area contributed by atoms with Crippen molar-refractivity contribution in [2.24, 2.45) is 0 Å². The molecule has 1 aromatic heterocycles. The van der Waals surface area contributed by atoms with Gasteiger partial charge in [-0.25, -0.2) is 9.59 Å². The van der Waals surface area contributed by atoms with E-state index in [1.54, 1.807) is 0 Å². The number of hydrogen-bond donors (Lipinski definition) is 0. The fourth-order valence-corrected chi connectivity index (χ4v) is 2.55. The van der Waals surface area contributed by atoms with Crippen LogP contribution in [0.5, 0.6) is 11.7 Å². The number of esters is 2. The monoisotopic (exact) mass is 460 g/mol. The van der Waals surface area contributed by atoms with E-state index in [-0.39, 0.29) is 22.5 Å². The zero-order valence-electron chi connectivity index (χ0n) is 16.7. The van der Waals surface area contributed by atoms with E-state index in [0.29, 0.717) is 0 Å². The summed E-state index contributed by atoms with van der Waals surface area (Å²) in [5.74, 6) is -4.87. The summed E-state index contributed by atoms with van der Waals surface area (Å²) in [6, 6.07) is 8.89. The van der Waals surface area contributed by atoms with E-state index in [2.05, 4.69) is 0 Å². The Morgan fingerprint density at radius 3 is 1.85 bits per heavy atom. The van der Waals surface area contributed by atoms with Gasteiger partial charge in [0.2, 0.25) is 11.6 Å². The topological polar surface area (TPSA) is 161 Å². The van der Waals surface area contributed by atoms with Crippen molar-refractivity contribution in [2.75, 3.05) is 7.11 Å². The fraction of sp³-hybridized carbons (Fsp3) is 0.100. The van der Waals surface area contributed by atoms with Crippen LogP contribution >= 0.6 is 0 Å². The van der Waals surface area contributed by atoms with Gasteiger partial charge in [0, 0.05) is 24.3 Å². The lowest BCUT2D eigenvalue weighted by Crippen LogP contribution is -2.11. The maximum Gasteiger partial charge on any atom is 0.343 e. The summed E-state index contributed by atoms with van der Waals surface area (Å²) in [5.41, 5.74) is -0.635. The number of carbonyl (C=O) groups excluding carboxylic acids is 2. The van der Waals surface area contributed by atoms with Crippen LogP contribution in [0.4, 0.5) is 15.8 Å². The Labute approximate surface area is 183 Å². The van der Waals surface area contributed by atoms with Gasteiger partial charge in [-0.05, 0) is 24.3 Å². The average Bonchev–Trinajstić information content (AvgIpc) is 3.11. The molecule has 0 fully saturated rings. The van der Waals surface area contributed by atoms with E-state index in [0.717, 1.165) is 43.5 Å². The Hall–Kier alpha value is -4.81. The normalized spacial score (nSPS) is 10.4. The Bertz CT molecular complexity index is 1220. The molecule has 2 aromatic carbocycles. The first kappa shape index (κ1) is 22.9. The molecule has 0 aliphatic carbocycles. The third-order valence-corrected chi connectivity index (χ3v) is 4.19. The highest BCUT2D eigenvalue weighted by Crippen LogP contribution is 2.35. The van der Waals surface area contributed by atoms with Crippen molar-refractivity contribution in [1.82, 2.24) is 0 Å². The number of halogens is 1. The number of non-ortho nitro benzene ring substituents is 2. The second kappa shape index (κ2) is 9.55. The summed E-state index contributed by atoms with van der Waals surface area (Å²) in [6.07, 6.45) is 0. The average molecular weight is 460 g/mol. The van der Waals surface area contributed by atoms with Crippen LogP contribution in [0.3, 0.4) is 0 Å². The predicted molar refractivity (Wildman–Crippen MR) is 105 cm³/mol. The number of rotatable bonds is 8. The van der Waals surface area contributed by atoms with Gasteiger partial charge in [0.15, 0.2) is 12.4 Å². The van der Waals surface area contributed by atoms with Crippen molar-refractivity contribution < 1.29 is 42.5 Å². The van der Waals surface area contributed by atoms with Crippen LogP contribution in [0.15, 0.2) is 52.9 Å². The molecule has 0 spiro atoms. The lowest BCUT2D eigenvalue weighted by Gasteiger charge is -2.06. The molecule has 0 aliphatic rings. The number of benzene rings is 2. The number of nitrogens with zero attached hydrogens (tertiary/aromatic N) is 2. The van der Waals surface area contributed by atoms with Gasteiger partial charge in [0.25, 0.3) is 11.4 Å². The lowest BCUT2D eigenvalue weighted by atomic mass is 10.2. The Balaban J connectivity index is 1.76. The van der Waals surface area contributed by atoms with Gasteiger partial charge in [-0.15, -0.1) is 0 Å². The summed E-state index contributed by atoms with van der Waals surface area (Å²) in [7, 11) is 1.09. The molecule has 12 nitrogen and oxygen atoms in total. The van der Waals surface area contributed by atoms with Crippen LogP contribution < -0.4 is 9.47 Å². The van der Waals surface area contributed by atoms with Gasteiger partial charge >= 0.3 is 17.9 Å². The van der Waals surface area contributed by atoms with Crippen molar-refractivity contribution in [2.45, 2.75) is 6.61 Å². The molecule has 0 radical (unpaired) electrons. The highest BCUT2D eigenvalue weighted by Gasteiger charge is 2.27. The molecule has 33 heavy (non-hydrogen) atoms. The second-order valence-electron chi connectivity index (χ2n) is 6.23. The number of hydrogen-bond acceptors (Lipinski definition) is 10. The Morgan fingerprint density at radius 2 is 1.39 bits per heavy atom. The number of nitro groups is 2. The van der Waals surface area contributed by atoms with Crippen molar-refractivity contribution in [3.63, 3.8) is 0 Å². The second-order valence-corrected chi connectivity index (χ2v) is 6.23. The van der Waals surface area contributed by atoms with E-state index in [9.17, 15) is 34.2 Å². The van der Waals surface area contributed by atoms with E-state index >= 15 is 0 Å². The minimum Gasteiger partial charge on any atom is -0.466 e. The van der Waals surface area contributed by atoms with Crippen LogP contribution in [0.2, 0.25) is 0 Å². The minimum atomic E-state index is -1.17. The zero-order valence-corrected chi connectivity index (χ0v) is 16.7. The first-order valence-electron chi connectivity index (χ1n) is 8.94. The van der Waals surface area contributed by atoms with Gasteiger partial charge in [-0.1, -0.05) is 0 Å². The van der Waals surface area contributed by atoms with Crippen molar-refractivity contribution >= 4 is 23.3 Å². The third-order valence-electron chi connectivity index (χ3n) is 4.19. The van der Waals surface area contributed by atoms with Crippen molar-refractivity contribution in [3.05, 3.63) is 91.5 Å². The first-order valence-corrected chi connectivity index (χ1v) is 8.94. The van der Waals surface area contributed by atoms with Crippen LogP contribution in [0.25, 0.3) is 0 Å². The maximum absolute atomic E-state index is 14.5. The van der Waals surface area contributed by atoms with Crippen LogP contribution in [0.1, 0.15) is 26.5 Å². The molecule has 1 heterocycles. The molecule has 0 amide bonds. The van der Waals surface area contributed by atoms with Gasteiger partial charge in [-0.3, -0.25) is 20.2 Å². The number of methoxy groups -OCH3 is 1. The quantitative estimate of drug-likeness (QED) is 0.274. The maximum atomic E-state index is 14.5. The molecule has 0 saturated carbocycles. The molecule has 3 rings (SSSR count). The summed E-state index contributed by atoms with van der Waals surface area (Å²) >= 11 is 0. The first-order chi connectivity index (χ1) is 15.7. The number of carbonyl (C=O) groups is 2. The third kappa shape index (κ3) is 5.10. The largest absolute Gasteiger partial charge is 0.466 e. The van der Waals surface area contributed by atoms with E-state index in [1.807, 2.05) is 0 Å². The van der Waals surface area contributed by atoms with E-state index < -0.39 is 51.7 Å². The molecule has 170 valence electrons.